The first-order valence-electron chi connectivity index (χ1n) is 6.37. The quantitative estimate of drug-likeness (QED) is 0.689. The molecule has 17 heavy (non-hydrogen) atoms. The topological polar surface area (TPSA) is 0 Å². The summed E-state index contributed by atoms with van der Waals surface area (Å²) in [5.74, 6) is 0.515. The van der Waals surface area contributed by atoms with Gasteiger partial charge in [0.05, 0.1) is 0 Å². The molecule has 0 unspecified atom stereocenters. The predicted octanol–water partition coefficient (Wildman–Crippen LogP) is 4.63. The molecule has 90 valence electrons. The van der Waals surface area contributed by atoms with Gasteiger partial charge in [-0.3, -0.25) is 0 Å². The molecule has 0 aliphatic heterocycles. The molecule has 1 aliphatic carbocycles. The van der Waals surface area contributed by atoms with Crippen molar-refractivity contribution in [1.82, 2.24) is 0 Å². The minimum atomic E-state index is 0.170. The average molecular weight is 226 g/mol. The molecule has 0 atom stereocenters. The SMILES string of the molecule is Cc1ccc(C)c(C(C)(C)C2C=CC=C2)c1C. The molecule has 0 N–H and O–H groups in total. The molecule has 0 radical (unpaired) electrons. The summed E-state index contributed by atoms with van der Waals surface area (Å²) >= 11 is 0. The van der Waals surface area contributed by atoms with Crippen molar-refractivity contribution in [1.29, 1.82) is 0 Å². The smallest absolute Gasteiger partial charge is 0.00447 e. The van der Waals surface area contributed by atoms with Gasteiger partial charge in [0.15, 0.2) is 0 Å². The Labute approximate surface area is 105 Å². The van der Waals surface area contributed by atoms with E-state index in [1.807, 2.05) is 0 Å². The number of aryl methyl sites for hydroxylation is 2. The minimum absolute atomic E-state index is 0.170. The standard InChI is InChI=1S/C17H22/c1-12-10-11-13(2)16(14(12)3)17(4,5)15-8-6-7-9-15/h6-11,15H,1-5H3. The highest BCUT2D eigenvalue weighted by molar-refractivity contribution is 5.45. The van der Waals surface area contributed by atoms with Crippen molar-refractivity contribution in [3.05, 3.63) is 58.7 Å². The second kappa shape index (κ2) is 4.18. The van der Waals surface area contributed by atoms with E-state index in [1.54, 1.807) is 0 Å². The average Bonchev–Trinajstić information content (AvgIpc) is 2.77. The van der Waals surface area contributed by atoms with Gasteiger partial charge in [-0.2, -0.15) is 0 Å². The van der Waals surface area contributed by atoms with Gasteiger partial charge < -0.3 is 0 Å². The highest BCUT2D eigenvalue weighted by Crippen LogP contribution is 2.39. The van der Waals surface area contributed by atoms with Crippen LogP contribution in [0.1, 0.15) is 36.1 Å². The van der Waals surface area contributed by atoms with E-state index in [2.05, 4.69) is 71.1 Å². The fraction of sp³-hybridized carbons (Fsp3) is 0.412. The van der Waals surface area contributed by atoms with E-state index >= 15 is 0 Å². The van der Waals surface area contributed by atoms with Crippen LogP contribution in [-0.4, -0.2) is 0 Å². The molecule has 0 aromatic heterocycles. The Hall–Kier alpha value is -1.30. The summed E-state index contributed by atoms with van der Waals surface area (Å²) in [6.07, 6.45) is 8.93. The van der Waals surface area contributed by atoms with Gasteiger partial charge in [-0.05, 0) is 48.4 Å². The van der Waals surface area contributed by atoms with E-state index in [0.29, 0.717) is 5.92 Å². The second-order valence-corrected chi connectivity index (χ2v) is 5.72. The van der Waals surface area contributed by atoms with Gasteiger partial charge in [-0.15, -0.1) is 0 Å². The van der Waals surface area contributed by atoms with Crippen molar-refractivity contribution >= 4 is 0 Å². The lowest BCUT2D eigenvalue weighted by Gasteiger charge is -2.34. The van der Waals surface area contributed by atoms with Crippen molar-refractivity contribution < 1.29 is 0 Å². The van der Waals surface area contributed by atoms with Gasteiger partial charge in [0, 0.05) is 5.92 Å². The molecule has 2 rings (SSSR count). The molecule has 1 aliphatic rings. The lowest BCUT2D eigenvalue weighted by molar-refractivity contribution is 0.443. The zero-order chi connectivity index (χ0) is 12.6. The number of hydrogen-bond acceptors (Lipinski definition) is 0. The van der Waals surface area contributed by atoms with Gasteiger partial charge in [0.25, 0.3) is 0 Å². The predicted molar refractivity (Wildman–Crippen MR) is 75.4 cm³/mol. The number of allylic oxidation sites excluding steroid dienone is 4. The maximum atomic E-state index is 2.35. The maximum absolute atomic E-state index is 2.35. The van der Waals surface area contributed by atoms with Crippen LogP contribution >= 0.6 is 0 Å². The zero-order valence-electron chi connectivity index (χ0n) is 11.5. The first-order chi connectivity index (χ1) is 7.94. The summed E-state index contributed by atoms with van der Waals surface area (Å²) in [5.41, 5.74) is 5.93. The molecule has 0 saturated heterocycles. The van der Waals surface area contributed by atoms with E-state index in [0.717, 1.165) is 0 Å². The molecule has 0 bridgehead atoms. The Morgan fingerprint density at radius 3 is 2.00 bits per heavy atom. The van der Waals surface area contributed by atoms with Crippen LogP contribution in [-0.2, 0) is 5.41 Å². The summed E-state index contributed by atoms with van der Waals surface area (Å²) < 4.78 is 0. The second-order valence-electron chi connectivity index (χ2n) is 5.72. The van der Waals surface area contributed by atoms with E-state index in [4.69, 9.17) is 0 Å². The highest BCUT2D eigenvalue weighted by atomic mass is 14.3. The molecule has 0 fully saturated rings. The summed E-state index contributed by atoms with van der Waals surface area (Å²) in [5, 5.41) is 0. The van der Waals surface area contributed by atoms with Gasteiger partial charge in [-0.25, -0.2) is 0 Å². The highest BCUT2D eigenvalue weighted by Gasteiger charge is 2.31. The molecule has 0 saturated carbocycles. The Kier molecular flexibility index (Phi) is 2.99. The summed E-state index contributed by atoms with van der Waals surface area (Å²) in [6, 6.07) is 4.48. The van der Waals surface area contributed by atoms with Crippen LogP contribution in [0.3, 0.4) is 0 Å². The van der Waals surface area contributed by atoms with Crippen LogP contribution in [0.4, 0.5) is 0 Å². The third kappa shape index (κ3) is 1.97. The largest absolute Gasteiger partial charge is 0.0768 e. The van der Waals surface area contributed by atoms with Gasteiger partial charge in [0.2, 0.25) is 0 Å². The van der Waals surface area contributed by atoms with Crippen molar-refractivity contribution in [2.24, 2.45) is 5.92 Å². The molecular formula is C17H22. The van der Waals surface area contributed by atoms with Crippen molar-refractivity contribution in [3.63, 3.8) is 0 Å². The van der Waals surface area contributed by atoms with E-state index in [-0.39, 0.29) is 5.41 Å². The van der Waals surface area contributed by atoms with Crippen molar-refractivity contribution in [2.45, 2.75) is 40.0 Å². The Morgan fingerprint density at radius 1 is 0.882 bits per heavy atom. The van der Waals surface area contributed by atoms with Crippen molar-refractivity contribution in [3.8, 4) is 0 Å². The summed E-state index contributed by atoms with van der Waals surface area (Å²) in [4.78, 5) is 0. The summed E-state index contributed by atoms with van der Waals surface area (Å²) in [7, 11) is 0. The van der Waals surface area contributed by atoms with E-state index in [1.165, 1.54) is 22.3 Å². The van der Waals surface area contributed by atoms with Gasteiger partial charge in [0.1, 0.15) is 0 Å². The third-order valence-electron chi connectivity index (χ3n) is 4.17. The van der Waals surface area contributed by atoms with Crippen LogP contribution in [0.25, 0.3) is 0 Å². The van der Waals surface area contributed by atoms with Crippen LogP contribution in [0.15, 0.2) is 36.4 Å². The van der Waals surface area contributed by atoms with Crippen LogP contribution in [0, 0.1) is 26.7 Å². The molecule has 1 aromatic carbocycles. The molecule has 0 spiro atoms. The van der Waals surface area contributed by atoms with Gasteiger partial charge in [-0.1, -0.05) is 50.3 Å². The maximum Gasteiger partial charge on any atom is 0.00447 e. The molecule has 0 heteroatoms. The Bertz CT molecular complexity index is 475. The lowest BCUT2D eigenvalue weighted by atomic mass is 9.70. The van der Waals surface area contributed by atoms with Crippen LogP contribution in [0.5, 0.6) is 0 Å². The minimum Gasteiger partial charge on any atom is -0.0768 e. The molecular weight excluding hydrogens is 204 g/mol. The number of hydrogen-bond donors (Lipinski definition) is 0. The third-order valence-corrected chi connectivity index (χ3v) is 4.17. The monoisotopic (exact) mass is 226 g/mol. The normalized spacial score (nSPS) is 15.8. The fourth-order valence-electron chi connectivity index (χ4n) is 3.02. The van der Waals surface area contributed by atoms with Crippen LogP contribution < -0.4 is 0 Å². The first-order valence-corrected chi connectivity index (χ1v) is 6.37. The Morgan fingerprint density at radius 2 is 1.41 bits per heavy atom. The lowest BCUT2D eigenvalue weighted by Crippen LogP contribution is -2.27. The molecule has 1 aromatic rings. The fourth-order valence-corrected chi connectivity index (χ4v) is 3.02. The van der Waals surface area contributed by atoms with E-state index < -0.39 is 0 Å². The van der Waals surface area contributed by atoms with E-state index in [9.17, 15) is 0 Å². The number of rotatable bonds is 2. The summed E-state index contributed by atoms with van der Waals surface area (Å²) in [6.45, 7) is 11.4. The first kappa shape index (κ1) is 12.2. The zero-order valence-corrected chi connectivity index (χ0v) is 11.5. The van der Waals surface area contributed by atoms with Gasteiger partial charge >= 0.3 is 0 Å². The molecule has 0 nitrogen and oxygen atoms in total. The van der Waals surface area contributed by atoms with Crippen molar-refractivity contribution in [2.75, 3.05) is 0 Å². The molecule has 0 amide bonds. The molecule has 0 heterocycles. The van der Waals surface area contributed by atoms with Crippen LogP contribution in [0.2, 0.25) is 0 Å². The number of benzene rings is 1. The Balaban J connectivity index is 2.56.